The predicted octanol–water partition coefficient (Wildman–Crippen LogP) is 3.21. The molecule has 2 aromatic rings. The van der Waals surface area contributed by atoms with Crippen molar-refractivity contribution in [3.63, 3.8) is 0 Å². The molecule has 1 amide bonds. The summed E-state index contributed by atoms with van der Waals surface area (Å²) in [5.74, 6) is 1.96. The van der Waals surface area contributed by atoms with E-state index in [1.54, 1.807) is 0 Å². The molecule has 5 nitrogen and oxygen atoms in total. The lowest BCUT2D eigenvalue weighted by Gasteiger charge is -2.11. The molecule has 132 valence electrons. The van der Waals surface area contributed by atoms with Gasteiger partial charge in [0.05, 0.1) is 5.69 Å². The number of rotatable bonds is 5. The molecular formula is C20H26N4O. The first-order valence-corrected chi connectivity index (χ1v) is 9.45. The largest absolute Gasteiger partial charge is 0.334 e. The maximum Gasteiger partial charge on any atom is 0.224 e. The van der Waals surface area contributed by atoms with Crippen LogP contribution in [0.4, 0.5) is 5.69 Å². The molecule has 1 aromatic carbocycles. The van der Waals surface area contributed by atoms with Gasteiger partial charge in [-0.3, -0.25) is 4.79 Å². The van der Waals surface area contributed by atoms with E-state index in [2.05, 4.69) is 21.4 Å². The number of carbonyl (C=O) groups is 1. The van der Waals surface area contributed by atoms with E-state index in [1.807, 2.05) is 24.3 Å². The van der Waals surface area contributed by atoms with E-state index < -0.39 is 0 Å². The van der Waals surface area contributed by atoms with E-state index in [9.17, 15) is 4.79 Å². The minimum Gasteiger partial charge on any atom is -0.334 e. The van der Waals surface area contributed by atoms with Crippen molar-refractivity contribution in [2.24, 2.45) is 5.92 Å². The zero-order valence-corrected chi connectivity index (χ0v) is 14.6. The molecule has 1 saturated heterocycles. The Bertz CT molecular complexity index is 705. The highest BCUT2D eigenvalue weighted by molar-refractivity contribution is 5.90. The number of nitrogens with zero attached hydrogens (tertiary/aromatic N) is 2. The summed E-state index contributed by atoms with van der Waals surface area (Å²) in [7, 11) is 0. The van der Waals surface area contributed by atoms with Crippen LogP contribution in [0.1, 0.15) is 37.9 Å². The number of aryl methyl sites for hydroxylation is 2. The number of anilines is 1. The molecule has 1 atom stereocenters. The third-order valence-corrected chi connectivity index (χ3v) is 5.32. The van der Waals surface area contributed by atoms with E-state index >= 15 is 0 Å². The Kier molecular flexibility index (Phi) is 4.83. The Morgan fingerprint density at radius 2 is 2.16 bits per heavy atom. The molecule has 2 N–H and O–H groups in total. The lowest BCUT2D eigenvalue weighted by Crippen LogP contribution is -2.14. The van der Waals surface area contributed by atoms with Crippen LogP contribution in [0.3, 0.4) is 0 Å². The Hall–Kier alpha value is -2.14. The van der Waals surface area contributed by atoms with Gasteiger partial charge in [-0.1, -0.05) is 12.1 Å². The van der Waals surface area contributed by atoms with Crippen molar-refractivity contribution in [3.8, 4) is 11.3 Å². The van der Waals surface area contributed by atoms with E-state index in [0.717, 1.165) is 49.4 Å². The lowest BCUT2D eigenvalue weighted by molar-refractivity contribution is -0.116. The van der Waals surface area contributed by atoms with Gasteiger partial charge in [0.2, 0.25) is 5.91 Å². The summed E-state index contributed by atoms with van der Waals surface area (Å²) in [6.07, 6.45) is 8.46. The summed E-state index contributed by atoms with van der Waals surface area (Å²) in [4.78, 5) is 16.9. The van der Waals surface area contributed by atoms with Gasteiger partial charge in [0.1, 0.15) is 5.82 Å². The minimum absolute atomic E-state index is 0.108. The van der Waals surface area contributed by atoms with Gasteiger partial charge in [0.15, 0.2) is 0 Å². The molecule has 1 unspecified atom stereocenters. The summed E-state index contributed by atoms with van der Waals surface area (Å²) in [6, 6.07) is 8.04. The second-order valence-electron chi connectivity index (χ2n) is 7.22. The Morgan fingerprint density at radius 1 is 1.28 bits per heavy atom. The molecule has 5 heteroatoms. The molecule has 2 aliphatic heterocycles. The molecule has 1 fully saturated rings. The van der Waals surface area contributed by atoms with E-state index in [1.165, 1.54) is 25.1 Å². The highest BCUT2D eigenvalue weighted by Crippen LogP contribution is 2.24. The van der Waals surface area contributed by atoms with Crippen LogP contribution in [0, 0.1) is 5.92 Å². The van der Waals surface area contributed by atoms with E-state index in [0.29, 0.717) is 12.3 Å². The normalized spacial score (nSPS) is 19.6. The van der Waals surface area contributed by atoms with E-state index in [4.69, 9.17) is 4.98 Å². The van der Waals surface area contributed by atoms with Gasteiger partial charge < -0.3 is 15.2 Å². The number of hydrogen-bond donors (Lipinski definition) is 2. The summed E-state index contributed by atoms with van der Waals surface area (Å²) >= 11 is 0. The molecule has 0 radical (unpaired) electrons. The van der Waals surface area contributed by atoms with Gasteiger partial charge >= 0.3 is 0 Å². The topological polar surface area (TPSA) is 59.0 Å². The zero-order valence-electron chi connectivity index (χ0n) is 14.6. The summed E-state index contributed by atoms with van der Waals surface area (Å²) < 4.78 is 2.27. The van der Waals surface area contributed by atoms with Gasteiger partial charge in [0.25, 0.3) is 0 Å². The van der Waals surface area contributed by atoms with Crippen LogP contribution in [-0.4, -0.2) is 28.5 Å². The molecule has 0 spiro atoms. The predicted molar refractivity (Wildman–Crippen MR) is 99.4 cm³/mol. The quantitative estimate of drug-likeness (QED) is 0.880. The first-order valence-electron chi connectivity index (χ1n) is 9.45. The van der Waals surface area contributed by atoms with Crippen molar-refractivity contribution < 1.29 is 4.79 Å². The van der Waals surface area contributed by atoms with Gasteiger partial charge in [-0.25, -0.2) is 4.98 Å². The minimum atomic E-state index is 0.108. The highest BCUT2D eigenvalue weighted by atomic mass is 16.1. The third-order valence-electron chi connectivity index (χ3n) is 5.32. The number of amides is 1. The molecule has 0 aliphatic carbocycles. The van der Waals surface area contributed by atoms with Crippen LogP contribution in [-0.2, 0) is 17.8 Å². The monoisotopic (exact) mass is 338 g/mol. The van der Waals surface area contributed by atoms with Crippen LogP contribution < -0.4 is 10.6 Å². The molecule has 4 rings (SSSR count). The molecule has 1 aromatic heterocycles. The Balaban J connectivity index is 1.35. The fourth-order valence-corrected chi connectivity index (χ4v) is 3.80. The fourth-order valence-electron chi connectivity index (χ4n) is 3.80. The molecule has 2 aliphatic rings. The van der Waals surface area contributed by atoms with Crippen LogP contribution >= 0.6 is 0 Å². The Labute approximate surface area is 148 Å². The standard InChI is InChI=1S/C20H26N4O/c25-20(9-4-15-10-11-21-13-15)22-17-7-5-16(6-8-17)18-14-24-12-2-1-3-19(24)23-18/h5-8,14-15,21H,1-4,9-13H2,(H,22,25). The van der Waals surface area contributed by atoms with Crippen LogP contribution in [0.15, 0.2) is 30.5 Å². The molecule has 25 heavy (non-hydrogen) atoms. The van der Waals surface area contributed by atoms with Gasteiger partial charge in [-0.15, -0.1) is 0 Å². The highest BCUT2D eigenvalue weighted by Gasteiger charge is 2.16. The molecule has 3 heterocycles. The van der Waals surface area contributed by atoms with Gasteiger partial charge in [0, 0.05) is 36.8 Å². The fraction of sp³-hybridized carbons (Fsp3) is 0.500. The number of fused-ring (bicyclic) bond motifs is 1. The Morgan fingerprint density at radius 3 is 2.92 bits per heavy atom. The maximum atomic E-state index is 12.1. The van der Waals surface area contributed by atoms with Crippen LogP contribution in [0.2, 0.25) is 0 Å². The zero-order chi connectivity index (χ0) is 17.1. The van der Waals surface area contributed by atoms with Crippen molar-refractivity contribution in [1.82, 2.24) is 14.9 Å². The molecule has 0 bridgehead atoms. The number of hydrogen-bond acceptors (Lipinski definition) is 3. The summed E-state index contributed by atoms with van der Waals surface area (Å²) in [6.45, 7) is 3.22. The van der Waals surface area contributed by atoms with Gasteiger partial charge in [-0.2, -0.15) is 0 Å². The third kappa shape index (κ3) is 3.93. The first-order chi connectivity index (χ1) is 12.3. The van der Waals surface area contributed by atoms with Crippen molar-refractivity contribution in [2.75, 3.05) is 18.4 Å². The second-order valence-corrected chi connectivity index (χ2v) is 7.22. The average Bonchev–Trinajstić information content (AvgIpc) is 3.30. The maximum absolute atomic E-state index is 12.1. The van der Waals surface area contributed by atoms with Crippen molar-refractivity contribution in [2.45, 2.75) is 45.1 Å². The van der Waals surface area contributed by atoms with Crippen molar-refractivity contribution in [1.29, 1.82) is 0 Å². The smallest absolute Gasteiger partial charge is 0.224 e. The van der Waals surface area contributed by atoms with Gasteiger partial charge in [-0.05, 0) is 56.8 Å². The van der Waals surface area contributed by atoms with Crippen molar-refractivity contribution >= 4 is 11.6 Å². The number of benzene rings is 1. The second kappa shape index (κ2) is 7.40. The first kappa shape index (κ1) is 16.3. The summed E-state index contributed by atoms with van der Waals surface area (Å²) in [5, 5.41) is 6.35. The number of nitrogens with one attached hydrogen (secondary N) is 2. The number of aromatic nitrogens is 2. The number of imidazole rings is 1. The number of carbonyl (C=O) groups excluding carboxylic acids is 1. The molecule has 0 saturated carbocycles. The summed E-state index contributed by atoms with van der Waals surface area (Å²) in [5.41, 5.74) is 3.00. The average molecular weight is 338 g/mol. The van der Waals surface area contributed by atoms with E-state index in [-0.39, 0.29) is 5.91 Å². The van der Waals surface area contributed by atoms with Crippen LogP contribution in [0.25, 0.3) is 11.3 Å². The lowest BCUT2D eigenvalue weighted by atomic mass is 10.0. The van der Waals surface area contributed by atoms with Crippen LogP contribution in [0.5, 0.6) is 0 Å². The van der Waals surface area contributed by atoms with Crippen molar-refractivity contribution in [3.05, 3.63) is 36.3 Å². The molecular weight excluding hydrogens is 312 g/mol. The SMILES string of the molecule is O=C(CCC1CCNC1)Nc1ccc(-c2cn3c(n2)CCCC3)cc1.